The Morgan fingerprint density at radius 3 is 2.61 bits per heavy atom. The minimum absolute atomic E-state index is 0.0491. The van der Waals surface area contributed by atoms with Gasteiger partial charge < -0.3 is 37.3 Å². The maximum Gasteiger partial charge on any atom is 0.229 e. The van der Waals surface area contributed by atoms with Crippen LogP contribution in [0.25, 0.3) is 11.4 Å². The van der Waals surface area contributed by atoms with E-state index < -0.39 is 23.5 Å². The standard InChI is InChI=1S/C31H33ClN10O7/c32-25-26(36-37-28(25)31(6-10-46-31)24-16-49-40-35-24)20-13-45-29(33-20)17-11-23(19-14-48-39-34-19)44-12-18(17)30(43)42-9-2-1-5-21(42)27-22(15-47-38-27)41-7-3-4-8-41/h13-18,21,23H,1-12H2,(H,36,37). The van der Waals surface area contributed by atoms with E-state index in [-0.39, 0.29) is 18.6 Å². The lowest BCUT2D eigenvalue weighted by molar-refractivity contribution is -0.148. The fourth-order valence-electron chi connectivity index (χ4n) is 7.70. The predicted octanol–water partition coefficient (Wildman–Crippen LogP) is 4.35. The number of halogens is 1. The van der Waals surface area contributed by atoms with Crippen LogP contribution in [0.2, 0.25) is 5.02 Å². The second kappa shape index (κ2) is 12.4. The van der Waals surface area contributed by atoms with E-state index in [9.17, 15) is 4.79 Å². The molecule has 1 amide bonds. The number of amides is 1. The van der Waals surface area contributed by atoms with Crippen molar-refractivity contribution in [1.82, 2.24) is 46.0 Å². The number of carbonyl (C=O) groups excluding carboxylic acids is 1. The van der Waals surface area contributed by atoms with Crippen LogP contribution in [0.4, 0.5) is 5.69 Å². The van der Waals surface area contributed by atoms with Gasteiger partial charge in [-0.2, -0.15) is 5.10 Å². The Bertz CT molecular complexity index is 1900. The highest BCUT2D eigenvalue weighted by Gasteiger charge is 2.49. The maximum atomic E-state index is 14.7. The topological polar surface area (TPSA) is 201 Å². The third-order valence-electron chi connectivity index (χ3n) is 10.3. The Hall–Kier alpha value is -4.61. The van der Waals surface area contributed by atoms with Gasteiger partial charge in [-0.3, -0.25) is 9.89 Å². The molecule has 18 heteroatoms. The van der Waals surface area contributed by atoms with Gasteiger partial charge in [0.05, 0.1) is 41.8 Å². The van der Waals surface area contributed by atoms with Gasteiger partial charge in [-0.25, -0.2) is 4.98 Å². The predicted molar refractivity (Wildman–Crippen MR) is 165 cm³/mol. The van der Waals surface area contributed by atoms with Crippen LogP contribution in [-0.4, -0.2) is 84.7 Å². The third kappa shape index (κ3) is 5.13. The molecule has 9 rings (SSSR count). The number of aromatic amines is 1. The molecular weight excluding hydrogens is 660 g/mol. The third-order valence-corrected chi connectivity index (χ3v) is 10.7. The summed E-state index contributed by atoms with van der Waals surface area (Å²) in [5, 5.41) is 27.6. The first-order valence-electron chi connectivity index (χ1n) is 16.6. The molecule has 5 unspecified atom stereocenters. The molecule has 49 heavy (non-hydrogen) atoms. The summed E-state index contributed by atoms with van der Waals surface area (Å²) in [6.07, 6.45) is 11.5. The van der Waals surface area contributed by atoms with E-state index in [1.165, 1.54) is 18.8 Å². The Morgan fingerprint density at radius 1 is 1.00 bits per heavy atom. The van der Waals surface area contributed by atoms with Gasteiger partial charge in [-0.05, 0) is 38.5 Å². The molecule has 4 saturated heterocycles. The molecule has 256 valence electrons. The van der Waals surface area contributed by atoms with Crippen molar-refractivity contribution < 1.29 is 32.3 Å². The van der Waals surface area contributed by atoms with Gasteiger partial charge in [-0.15, -0.1) is 10.2 Å². The highest BCUT2D eigenvalue weighted by atomic mass is 35.5. The number of rotatable bonds is 8. The SMILES string of the molecule is O=C(C1COC(c2conn2)CC1c1nc(-c2n[nH]c(C3(c4conn4)CCO3)c2Cl)co1)N1CCCCC1c1nocc1N1CCCC1. The first-order valence-corrected chi connectivity index (χ1v) is 17.0. The number of nitrogens with one attached hydrogen (secondary N) is 1. The van der Waals surface area contributed by atoms with Crippen molar-refractivity contribution in [2.75, 3.05) is 37.7 Å². The van der Waals surface area contributed by atoms with Gasteiger partial charge in [-0.1, -0.05) is 16.8 Å². The Morgan fingerprint density at radius 2 is 1.84 bits per heavy atom. The largest absolute Gasteiger partial charge is 0.448 e. The molecule has 4 aliphatic heterocycles. The van der Waals surface area contributed by atoms with Crippen molar-refractivity contribution in [3.05, 3.63) is 58.7 Å². The van der Waals surface area contributed by atoms with Gasteiger partial charge in [0.15, 0.2) is 17.8 Å². The van der Waals surface area contributed by atoms with Crippen molar-refractivity contribution in [2.24, 2.45) is 5.92 Å². The van der Waals surface area contributed by atoms with Gasteiger partial charge >= 0.3 is 0 Å². The molecule has 4 fully saturated rings. The normalized spacial score (nSPS) is 27.4. The minimum atomic E-state index is -0.949. The average molecular weight is 693 g/mol. The van der Waals surface area contributed by atoms with Crippen LogP contribution in [0.15, 0.2) is 43.0 Å². The monoisotopic (exact) mass is 692 g/mol. The summed E-state index contributed by atoms with van der Waals surface area (Å²) in [5.41, 5.74) is 3.15. The van der Waals surface area contributed by atoms with Crippen molar-refractivity contribution in [2.45, 2.75) is 68.6 Å². The molecule has 5 atom stereocenters. The Labute approximate surface area is 283 Å². The maximum absolute atomic E-state index is 14.7. The fourth-order valence-corrected chi connectivity index (χ4v) is 8.03. The Kier molecular flexibility index (Phi) is 7.69. The van der Waals surface area contributed by atoms with E-state index in [2.05, 4.69) is 41.0 Å². The average Bonchev–Trinajstić information content (AvgIpc) is 3.96. The number of hydrogen-bond donors (Lipinski definition) is 1. The second-order valence-corrected chi connectivity index (χ2v) is 13.3. The van der Waals surface area contributed by atoms with Crippen molar-refractivity contribution >= 4 is 23.2 Å². The van der Waals surface area contributed by atoms with Crippen LogP contribution in [0.1, 0.15) is 91.7 Å². The molecule has 4 aliphatic rings. The zero-order valence-corrected chi connectivity index (χ0v) is 27.1. The molecule has 0 saturated carbocycles. The Balaban J connectivity index is 1.03. The van der Waals surface area contributed by atoms with E-state index in [0.29, 0.717) is 65.4 Å². The molecule has 5 aromatic rings. The summed E-state index contributed by atoms with van der Waals surface area (Å²) >= 11 is 6.91. The number of H-pyrrole nitrogens is 1. The number of oxazole rings is 1. The fraction of sp³-hybridized carbons (Fsp3) is 0.548. The van der Waals surface area contributed by atoms with Crippen LogP contribution in [0, 0.1) is 5.92 Å². The molecular formula is C31H33ClN10O7. The first kappa shape index (κ1) is 30.4. The van der Waals surface area contributed by atoms with Gasteiger partial charge in [0, 0.05) is 36.6 Å². The molecule has 1 N–H and O–H groups in total. The number of carbonyl (C=O) groups is 1. The first-order chi connectivity index (χ1) is 24.1. The lowest BCUT2D eigenvalue weighted by Gasteiger charge is -2.41. The zero-order chi connectivity index (χ0) is 33.0. The van der Waals surface area contributed by atoms with Crippen LogP contribution in [0.5, 0.6) is 0 Å². The summed E-state index contributed by atoms with van der Waals surface area (Å²) in [4.78, 5) is 23.7. The number of aromatic nitrogens is 8. The van der Waals surface area contributed by atoms with E-state index in [0.717, 1.165) is 56.6 Å². The summed E-state index contributed by atoms with van der Waals surface area (Å²) in [7, 11) is 0. The van der Waals surface area contributed by atoms with Crippen molar-refractivity contribution in [3.8, 4) is 11.4 Å². The summed E-state index contributed by atoms with van der Waals surface area (Å²) in [5.74, 6) is -0.745. The van der Waals surface area contributed by atoms with Crippen molar-refractivity contribution in [3.63, 3.8) is 0 Å². The summed E-state index contributed by atoms with van der Waals surface area (Å²) in [6, 6.07) is -0.212. The molecule has 0 radical (unpaired) electrons. The van der Waals surface area contributed by atoms with Crippen LogP contribution < -0.4 is 4.90 Å². The van der Waals surface area contributed by atoms with E-state index in [1.807, 2.05) is 4.90 Å². The van der Waals surface area contributed by atoms with Gasteiger partial charge in [0.2, 0.25) is 5.91 Å². The highest BCUT2D eigenvalue weighted by molar-refractivity contribution is 6.33. The van der Waals surface area contributed by atoms with Crippen LogP contribution in [0.3, 0.4) is 0 Å². The summed E-state index contributed by atoms with van der Waals surface area (Å²) in [6.45, 7) is 3.14. The number of likely N-dealkylation sites (tertiary alicyclic amines) is 1. The quantitative estimate of drug-likeness (QED) is 0.240. The second-order valence-electron chi connectivity index (χ2n) is 13.0. The van der Waals surface area contributed by atoms with E-state index in [4.69, 9.17) is 44.0 Å². The molecule has 0 aliphatic carbocycles. The van der Waals surface area contributed by atoms with Gasteiger partial charge in [0.25, 0.3) is 0 Å². The minimum Gasteiger partial charge on any atom is -0.448 e. The zero-order valence-electron chi connectivity index (χ0n) is 26.4. The lowest BCUT2D eigenvalue weighted by atomic mass is 9.82. The van der Waals surface area contributed by atoms with Gasteiger partial charge in [0.1, 0.15) is 59.1 Å². The molecule has 9 heterocycles. The molecule has 17 nitrogen and oxygen atoms in total. The molecule has 5 aromatic heterocycles. The van der Waals surface area contributed by atoms with Crippen LogP contribution >= 0.6 is 11.6 Å². The lowest BCUT2D eigenvalue weighted by Crippen LogP contribution is -2.47. The van der Waals surface area contributed by atoms with E-state index in [1.54, 1.807) is 6.26 Å². The smallest absolute Gasteiger partial charge is 0.229 e. The number of ether oxygens (including phenoxy) is 2. The van der Waals surface area contributed by atoms with Crippen LogP contribution in [-0.2, 0) is 19.9 Å². The summed E-state index contributed by atoms with van der Waals surface area (Å²) < 4.78 is 33.8. The number of hydrogen-bond acceptors (Lipinski definition) is 15. The van der Waals surface area contributed by atoms with Crippen molar-refractivity contribution in [1.29, 1.82) is 0 Å². The highest BCUT2D eigenvalue weighted by Crippen LogP contribution is 2.48. The number of anilines is 1. The molecule has 0 spiro atoms. The molecule has 0 bridgehead atoms. The molecule has 0 aromatic carbocycles. The number of nitrogens with zero attached hydrogens (tertiary/aromatic N) is 9. The van der Waals surface area contributed by atoms with E-state index >= 15 is 0 Å². The number of piperidine rings is 1.